The van der Waals surface area contributed by atoms with Crippen molar-refractivity contribution in [3.05, 3.63) is 88.3 Å². The third-order valence-electron chi connectivity index (χ3n) is 4.05. The van der Waals surface area contributed by atoms with Crippen molar-refractivity contribution in [3.63, 3.8) is 0 Å². The molecule has 2 nitrogen and oxygen atoms in total. The van der Waals surface area contributed by atoms with Gasteiger partial charge in [-0.15, -0.1) is 0 Å². The Morgan fingerprint density at radius 3 is 2.32 bits per heavy atom. The minimum atomic E-state index is -0.0713. The molecule has 126 valence electrons. The summed E-state index contributed by atoms with van der Waals surface area (Å²) in [7, 11) is 0. The Morgan fingerprint density at radius 2 is 1.68 bits per heavy atom. The number of hydrogen-bond donors (Lipinski definition) is 0. The highest BCUT2D eigenvalue weighted by Crippen LogP contribution is 2.37. The molecular formula is C21H19NOS2. The molecule has 0 N–H and O–H groups in total. The number of carbonyl (C=O) groups excluding carboxylic acids is 1. The molecule has 0 aliphatic carbocycles. The first-order valence-electron chi connectivity index (χ1n) is 8.11. The molecule has 1 aliphatic rings. The largest absolute Gasteiger partial charge is 0.286 e. The van der Waals surface area contributed by atoms with Gasteiger partial charge < -0.3 is 0 Å². The normalized spacial score (nSPS) is 18.1. The van der Waals surface area contributed by atoms with E-state index >= 15 is 0 Å². The van der Waals surface area contributed by atoms with Crippen molar-refractivity contribution in [1.82, 2.24) is 4.90 Å². The van der Waals surface area contributed by atoms with Crippen LogP contribution in [-0.4, -0.2) is 15.1 Å². The summed E-state index contributed by atoms with van der Waals surface area (Å²) in [6.07, 6.45) is 3.98. The summed E-state index contributed by atoms with van der Waals surface area (Å²) in [5, 5.41) is 0. The highest BCUT2D eigenvalue weighted by molar-refractivity contribution is 8.26. The topological polar surface area (TPSA) is 20.3 Å². The third-order valence-corrected chi connectivity index (χ3v) is 5.38. The number of rotatable bonds is 4. The second-order valence-electron chi connectivity index (χ2n) is 5.94. The molecule has 0 unspecified atom stereocenters. The Labute approximate surface area is 158 Å². The molecule has 3 rings (SSSR count). The van der Waals surface area contributed by atoms with Crippen molar-refractivity contribution >= 4 is 40.3 Å². The first-order chi connectivity index (χ1) is 12.1. The molecule has 1 saturated heterocycles. The predicted octanol–water partition coefficient (Wildman–Crippen LogP) is 5.60. The zero-order valence-corrected chi connectivity index (χ0v) is 15.8. The molecular weight excluding hydrogens is 346 g/mol. The van der Waals surface area contributed by atoms with Crippen LogP contribution in [0.3, 0.4) is 0 Å². The van der Waals surface area contributed by atoms with Gasteiger partial charge in [-0.2, -0.15) is 0 Å². The van der Waals surface area contributed by atoms with Crippen LogP contribution in [0.15, 0.2) is 77.2 Å². The standard InChI is InChI=1S/C21H19NOS2/c1-15(13-17-9-5-3-6-10-17)14-19-20(23)22(21(24)25-19)16(2)18-11-7-4-8-12-18/h3-14,16H,1-2H3/b15-13-,19-14-/t16-/m1/s1. The van der Waals surface area contributed by atoms with Crippen LogP contribution >= 0.6 is 24.0 Å². The van der Waals surface area contributed by atoms with Gasteiger partial charge in [-0.3, -0.25) is 9.69 Å². The fraction of sp³-hybridized carbons (Fsp3) is 0.143. The summed E-state index contributed by atoms with van der Waals surface area (Å²) >= 11 is 6.83. The maximum Gasteiger partial charge on any atom is 0.266 e. The molecule has 0 saturated carbocycles. The molecule has 1 aliphatic heterocycles. The maximum atomic E-state index is 12.8. The highest BCUT2D eigenvalue weighted by atomic mass is 32.2. The number of amides is 1. The molecule has 0 bridgehead atoms. The lowest BCUT2D eigenvalue weighted by atomic mass is 10.1. The Hall–Kier alpha value is -2.17. The van der Waals surface area contributed by atoms with Crippen molar-refractivity contribution in [2.75, 3.05) is 0 Å². The lowest BCUT2D eigenvalue weighted by Gasteiger charge is -2.23. The molecule has 25 heavy (non-hydrogen) atoms. The molecule has 0 spiro atoms. The van der Waals surface area contributed by atoms with E-state index in [1.807, 2.05) is 80.6 Å². The Kier molecular flexibility index (Phi) is 5.51. The summed E-state index contributed by atoms with van der Waals surface area (Å²) in [6, 6.07) is 20.0. The predicted molar refractivity (Wildman–Crippen MR) is 110 cm³/mol. The van der Waals surface area contributed by atoms with Gasteiger partial charge in [-0.1, -0.05) is 90.7 Å². The van der Waals surface area contributed by atoms with Gasteiger partial charge in [0.1, 0.15) is 4.32 Å². The van der Waals surface area contributed by atoms with Gasteiger partial charge in [-0.05, 0) is 36.6 Å². The summed E-state index contributed by atoms with van der Waals surface area (Å²) in [5.41, 5.74) is 3.22. The summed E-state index contributed by atoms with van der Waals surface area (Å²) in [5.74, 6) is -0.0211. The van der Waals surface area contributed by atoms with Gasteiger partial charge in [0.2, 0.25) is 0 Å². The molecule has 1 fully saturated rings. The second-order valence-corrected chi connectivity index (χ2v) is 7.61. The molecule has 0 radical (unpaired) electrons. The number of nitrogens with zero attached hydrogens (tertiary/aromatic N) is 1. The fourth-order valence-electron chi connectivity index (χ4n) is 2.75. The monoisotopic (exact) mass is 365 g/mol. The quantitative estimate of drug-likeness (QED) is 0.520. The van der Waals surface area contributed by atoms with Gasteiger partial charge in [0.15, 0.2) is 0 Å². The van der Waals surface area contributed by atoms with Crippen LogP contribution < -0.4 is 0 Å². The van der Waals surface area contributed by atoms with Crippen LogP contribution in [-0.2, 0) is 4.79 Å². The van der Waals surface area contributed by atoms with E-state index < -0.39 is 0 Å². The Balaban J connectivity index is 1.82. The van der Waals surface area contributed by atoms with Crippen LogP contribution in [0.1, 0.15) is 31.0 Å². The van der Waals surface area contributed by atoms with Crippen LogP contribution in [0.2, 0.25) is 0 Å². The maximum absolute atomic E-state index is 12.8. The summed E-state index contributed by atoms with van der Waals surface area (Å²) < 4.78 is 0.611. The lowest BCUT2D eigenvalue weighted by Crippen LogP contribution is -2.31. The van der Waals surface area contributed by atoms with E-state index in [1.165, 1.54) is 11.8 Å². The number of carbonyl (C=O) groups is 1. The van der Waals surface area contributed by atoms with Crippen LogP contribution in [0.5, 0.6) is 0 Å². The zero-order valence-electron chi connectivity index (χ0n) is 14.2. The molecule has 0 aromatic heterocycles. The minimum absolute atomic E-state index is 0.0211. The van der Waals surface area contributed by atoms with E-state index in [0.29, 0.717) is 9.23 Å². The van der Waals surface area contributed by atoms with Crippen molar-refractivity contribution in [3.8, 4) is 0 Å². The van der Waals surface area contributed by atoms with Crippen LogP contribution in [0, 0.1) is 0 Å². The fourth-order valence-corrected chi connectivity index (χ4v) is 4.22. The van der Waals surface area contributed by atoms with Gasteiger partial charge in [-0.25, -0.2) is 0 Å². The second kappa shape index (κ2) is 7.81. The molecule has 1 atom stereocenters. The SMILES string of the molecule is CC(=C/c1ccccc1)/C=C1\SC(=S)N([C@H](C)c2ccccc2)C1=O. The molecule has 2 aromatic carbocycles. The number of thiocarbonyl (C=S) groups is 1. The van der Waals surface area contributed by atoms with E-state index in [-0.39, 0.29) is 11.9 Å². The number of hydrogen-bond acceptors (Lipinski definition) is 3. The zero-order chi connectivity index (χ0) is 17.8. The van der Waals surface area contributed by atoms with E-state index in [9.17, 15) is 4.79 Å². The number of allylic oxidation sites excluding steroid dienone is 2. The first kappa shape index (κ1) is 17.6. The van der Waals surface area contributed by atoms with E-state index in [1.54, 1.807) is 4.90 Å². The molecule has 1 heterocycles. The van der Waals surface area contributed by atoms with E-state index in [2.05, 4.69) is 6.08 Å². The van der Waals surface area contributed by atoms with Gasteiger partial charge >= 0.3 is 0 Å². The summed E-state index contributed by atoms with van der Waals surface area (Å²) in [4.78, 5) is 15.2. The highest BCUT2D eigenvalue weighted by Gasteiger charge is 2.35. The average Bonchev–Trinajstić information content (AvgIpc) is 2.89. The Morgan fingerprint density at radius 1 is 1.08 bits per heavy atom. The van der Waals surface area contributed by atoms with Crippen LogP contribution in [0.25, 0.3) is 6.08 Å². The van der Waals surface area contributed by atoms with Crippen LogP contribution in [0.4, 0.5) is 0 Å². The van der Waals surface area contributed by atoms with Crippen molar-refractivity contribution < 1.29 is 4.79 Å². The van der Waals surface area contributed by atoms with Crippen molar-refractivity contribution in [2.24, 2.45) is 0 Å². The van der Waals surface area contributed by atoms with Gasteiger partial charge in [0, 0.05) is 0 Å². The van der Waals surface area contributed by atoms with E-state index in [4.69, 9.17) is 12.2 Å². The summed E-state index contributed by atoms with van der Waals surface area (Å²) in [6.45, 7) is 4.01. The molecule has 4 heteroatoms. The van der Waals surface area contributed by atoms with Gasteiger partial charge in [0.05, 0.1) is 10.9 Å². The Bertz CT molecular complexity index is 841. The molecule has 2 aromatic rings. The van der Waals surface area contributed by atoms with Crippen molar-refractivity contribution in [2.45, 2.75) is 19.9 Å². The van der Waals surface area contributed by atoms with Crippen molar-refractivity contribution in [1.29, 1.82) is 0 Å². The smallest absolute Gasteiger partial charge is 0.266 e. The van der Waals surface area contributed by atoms with Gasteiger partial charge in [0.25, 0.3) is 5.91 Å². The third kappa shape index (κ3) is 4.09. The molecule has 1 amide bonds. The number of thioether (sulfide) groups is 1. The minimum Gasteiger partial charge on any atom is -0.286 e. The lowest BCUT2D eigenvalue weighted by molar-refractivity contribution is -0.123. The van der Waals surface area contributed by atoms with E-state index in [0.717, 1.165) is 16.7 Å². The first-order valence-corrected chi connectivity index (χ1v) is 9.34. The average molecular weight is 366 g/mol. The number of benzene rings is 2.